The zero-order valence-corrected chi connectivity index (χ0v) is 9.70. The zero-order chi connectivity index (χ0) is 11.5. The predicted octanol–water partition coefficient (Wildman–Crippen LogP) is 1.84. The molecule has 0 saturated heterocycles. The molecule has 1 aromatic heterocycles. The van der Waals surface area contributed by atoms with E-state index in [2.05, 4.69) is 9.97 Å². The molecule has 16 heavy (non-hydrogen) atoms. The summed E-state index contributed by atoms with van der Waals surface area (Å²) in [5.41, 5.74) is 7.22. The molecular weight excluding hydrogens is 202 g/mol. The van der Waals surface area contributed by atoms with Gasteiger partial charge in [0.15, 0.2) is 0 Å². The zero-order valence-electron chi connectivity index (χ0n) is 9.70. The molecule has 1 aliphatic rings. The molecule has 0 amide bonds. The SMILES string of the molecule is CC(N)c1cc(C2CCCCC2)[nH]c(=O)n1. The quantitative estimate of drug-likeness (QED) is 0.800. The minimum absolute atomic E-state index is 0.176. The highest BCUT2D eigenvalue weighted by atomic mass is 16.1. The molecule has 1 aromatic rings. The highest BCUT2D eigenvalue weighted by molar-refractivity contribution is 5.15. The second-order valence-corrected chi connectivity index (χ2v) is 4.69. The second kappa shape index (κ2) is 4.78. The molecule has 88 valence electrons. The Labute approximate surface area is 95.3 Å². The van der Waals surface area contributed by atoms with Crippen LogP contribution in [-0.4, -0.2) is 9.97 Å². The lowest BCUT2D eigenvalue weighted by molar-refractivity contribution is 0.434. The number of hydrogen-bond donors (Lipinski definition) is 2. The van der Waals surface area contributed by atoms with E-state index in [0.717, 1.165) is 5.69 Å². The van der Waals surface area contributed by atoms with Crippen LogP contribution in [0, 0.1) is 0 Å². The number of rotatable bonds is 2. The third-order valence-corrected chi connectivity index (χ3v) is 3.30. The first kappa shape index (κ1) is 11.3. The van der Waals surface area contributed by atoms with Crippen molar-refractivity contribution in [2.24, 2.45) is 5.73 Å². The highest BCUT2D eigenvalue weighted by Gasteiger charge is 2.17. The number of aromatic amines is 1. The summed E-state index contributed by atoms with van der Waals surface area (Å²) < 4.78 is 0. The van der Waals surface area contributed by atoms with E-state index in [9.17, 15) is 4.79 Å². The normalized spacial score (nSPS) is 19.6. The standard InChI is InChI=1S/C12H19N3O/c1-8(13)10-7-11(15-12(16)14-10)9-5-3-2-4-6-9/h7-9H,2-6,13H2,1H3,(H,14,15,16). The average molecular weight is 221 g/mol. The Morgan fingerprint density at radius 2 is 2.12 bits per heavy atom. The van der Waals surface area contributed by atoms with E-state index in [0.29, 0.717) is 11.6 Å². The number of nitrogens with one attached hydrogen (secondary N) is 1. The summed E-state index contributed by atoms with van der Waals surface area (Å²) in [7, 11) is 0. The topological polar surface area (TPSA) is 71.8 Å². The molecule has 1 saturated carbocycles. The monoisotopic (exact) mass is 221 g/mol. The van der Waals surface area contributed by atoms with Crippen LogP contribution >= 0.6 is 0 Å². The van der Waals surface area contributed by atoms with Gasteiger partial charge in [-0.2, -0.15) is 4.98 Å². The average Bonchev–Trinajstić information content (AvgIpc) is 2.29. The van der Waals surface area contributed by atoms with E-state index in [-0.39, 0.29) is 11.7 Å². The first-order valence-electron chi connectivity index (χ1n) is 6.03. The maximum Gasteiger partial charge on any atom is 0.345 e. The molecule has 4 nitrogen and oxygen atoms in total. The van der Waals surface area contributed by atoms with Crippen molar-refractivity contribution in [3.63, 3.8) is 0 Å². The first-order valence-corrected chi connectivity index (χ1v) is 6.03. The summed E-state index contributed by atoms with van der Waals surface area (Å²) in [6.45, 7) is 1.85. The van der Waals surface area contributed by atoms with Crippen LogP contribution in [0.15, 0.2) is 10.9 Å². The number of H-pyrrole nitrogens is 1. The van der Waals surface area contributed by atoms with Crippen LogP contribution in [0.1, 0.15) is 62.4 Å². The van der Waals surface area contributed by atoms with E-state index in [1.807, 2.05) is 13.0 Å². The van der Waals surface area contributed by atoms with Crippen molar-refractivity contribution < 1.29 is 0 Å². The Kier molecular flexibility index (Phi) is 3.39. The maximum atomic E-state index is 11.4. The number of hydrogen-bond acceptors (Lipinski definition) is 3. The highest BCUT2D eigenvalue weighted by Crippen LogP contribution is 2.31. The van der Waals surface area contributed by atoms with E-state index in [1.54, 1.807) is 0 Å². The fraction of sp³-hybridized carbons (Fsp3) is 0.667. The Morgan fingerprint density at radius 3 is 2.75 bits per heavy atom. The van der Waals surface area contributed by atoms with Crippen molar-refractivity contribution in [1.29, 1.82) is 0 Å². The van der Waals surface area contributed by atoms with Crippen molar-refractivity contribution in [3.05, 3.63) is 27.9 Å². The summed E-state index contributed by atoms with van der Waals surface area (Å²) in [5.74, 6) is 0.488. The molecule has 1 unspecified atom stereocenters. The fourth-order valence-electron chi connectivity index (χ4n) is 2.36. The molecule has 2 rings (SSSR count). The summed E-state index contributed by atoms with van der Waals surface area (Å²) in [5, 5.41) is 0. The second-order valence-electron chi connectivity index (χ2n) is 4.69. The lowest BCUT2D eigenvalue weighted by Crippen LogP contribution is -2.21. The Morgan fingerprint density at radius 1 is 1.44 bits per heavy atom. The molecule has 0 bridgehead atoms. The lowest BCUT2D eigenvalue weighted by Gasteiger charge is -2.21. The minimum Gasteiger partial charge on any atom is -0.323 e. The maximum absolute atomic E-state index is 11.4. The molecule has 0 spiro atoms. The van der Waals surface area contributed by atoms with Crippen LogP contribution in [0.25, 0.3) is 0 Å². The van der Waals surface area contributed by atoms with E-state index >= 15 is 0 Å². The predicted molar refractivity (Wildman–Crippen MR) is 63.3 cm³/mol. The van der Waals surface area contributed by atoms with Gasteiger partial charge in [-0.15, -0.1) is 0 Å². The van der Waals surface area contributed by atoms with Gasteiger partial charge in [-0.25, -0.2) is 4.79 Å². The van der Waals surface area contributed by atoms with Gasteiger partial charge in [-0.3, -0.25) is 0 Å². The van der Waals surface area contributed by atoms with Crippen molar-refractivity contribution in [2.45, 2.75) is 51.0 Å². The Balaban J connectivity index is 2.29. The van der Waals surface area contributed by atoms with Gasteiger partial charge in [0.25, 0.3) is 0 Å². The molecule has 1 aliphatic carbocycles. The van der Waals surface area contributed by atoms with Crippen molar-refractivity contribution in [2.75, 3.05) is 0 Å². The van der Waals surface area contributed by atoms with Gasteiger partial charge in [-0.05, 0) is 31.7 Å². The molecule has 4 heteroatoms. The van der Waals surface area contributed by atoms with Gasteiger partial charge in [0.05, 0.1) is 5.69 Å². The molecule has 0 aliphatic heterocycles. The Hall–Kier alpha value is -1.16. The molecule has 1 atom stereocenters. The van der Waals surface area contributed by atoms with E-state index in [4.69, 9.17) is 5.73 Å². The summed E-state index contributed by atoms with van der Waals surface area (Å²) in [6.07, 6.45) is 6.15. The van der Waals surface area contributed by atoms with Crippen LogP contribution in [0.2, 0.25) is 0 Å². The lowest BCUT2D eigenvalue weighted by atomic mass is 9.86. The molecule has 0 radical (unpaired) electrons. The van der Waals surface area contributed by atoms with Gasteiger partial charge in [-0.1, -0.05) is 19.3 Å². The van der Waals surface area contributed by atoms with Crippen LogP contribution < -0.4 is 11.4 Å². The van der Waals surface area contributed by atoms with E-state index < -0.39 is 0 Å². The van der Waals surface area contributed by atoms with Crippen LogP contribution in [0.5, 0.6) is 0 Å². The van der Waals surface area contributed by atoms with E-state index in [1.165, 1.54) is 32.1 Å². The molecular formula is C12H19N3O. The largest absolute Gasteiger partial charge is 0.345 e. The smallest absolute Gasteiger partial charge is 0.323 e. The van der Waals surface area contributed by atoms with Crippen molar-refractivity contribution in [3.8, 4) is 0 Å². The van der Waals surface area contributed by atoms with Gasteiger partial charge < -0.3 is 10.7 Å². The van der Waals surface area contributed by atoms with Crippen LogP contribution in [0.4, 0.5) is 0 Å². The summed E-state index contributed by atoms with van der Waals surface area (Å²) >= 11 is 0. The number of nitrogens with two attached hydrogens (primary N) is 1. The van der Waals surface area contributed by atoms with Crippen LogP contribution in [-0.2, 0) is 0 Å². The molecule has 1 fully saturated rings. The summed E-state index contributed by atoms with van der Waals surface area (Å²) in [6, 6.07) is 1.78. The van der Waals surface area contributed by atoms with Gasteiger partial charge in [0, 0.05) is 11.7 Å². The van der Waals surface area contributed by atoms with Crippen molar-refractivity contribution >= 4 is 0 Å². The number of aromatic nitrogens is 2. The van der Waals surface area contributed by atoms with Gasteiger partial charge in [0.2, 0.25) is 0 Å². The first-order chi connectivity index (χ1) is 7.66. The molecule has 3 N–H and O–H groups in total. The third kappa shape index (κ3) is 2.50. The van der Waals surface area contributed by atoms with Crippen LogP contribution in [0.3, 0.4) is 0 Å². The van der Waals surface area contributed by atoms with Gasteiger partial charge >= 0.3 is 5.69 Å². The molecule has 0 aromatic carbocycles. The molecule has 1 heterocycles. The summed E-state index contributed by atoms with van der Waals surface area (Å²) in [4.78, 5) is 18.2. The van der Waals surface area contributed by atoms with Crippen molar-refractivity contribution in [1.82, 2.24) is 9.97 Å². The van der Waals surface area contributed by atoms with Gasteiger partial charge in [0.1, 0.15) is 0 Å². The fourth-order valence-corrected chi connectivity index (χ4v) is 2.36. The Bertz CT molecular complexity index is 405. The minimum atomic E-state index is -0.268. The third-order valence-electron chi connectivity index (χ3n) is 3.30. The number of nitrogens with zero attached hydrogens (tertiary/aromatic N) is 1.